The number of anilines is 1. The third kappa shape index (κ3) is 4.90. The van der Waals surface area contributed by atoms with Gasteiger partial charge in [0.25, 0.3) is 0 Å². The van der Waals surface area contributed by atoms with Gasteiger partial charge >= 0.3 is 0 Å². The van der Waals surface area contributed by atoms with Gasteiger partial charge in [-0.3, -0.25) is 14.6 Å². The first kappa shape index (κ1) is 17.6. The van der Waals surface area contributed by atoms with Crippen molar-refractivity contribution in [1.82, 2.24) is 19.4 Å². The maximum absolute atomic E-state index is 12.3. The van der Waals surface area contributed by atoms with E-state index in [0.29, 0.717) is 6.54 Å². The van der Waals surface area contributed by atoms with Crippen molar-refractivity contribution in [3.8, 4) is 0 Å². The van der Waals surface area contributed by atoms with Crippen LogP contribution in [0.5, 0.6) is 0 Å². The zero-order chi connectivity index (χ0) is 17.6. The lowest BCUT2D eigenvalue weighted by molar-refractivity contribution is -0.117. The van der Waals surface area contributed by atoms with Gasteiger partial charge in [0.2, 0.25) is 5.91 Å². The molecule has 0 aliphatic carbocycles. The summed E-state index contributed by atoms with van der Waals surface area (Å²) in [4.78, 5) is 21.1. The summed E-state index contributed by atoms with van der Waals surface area (Å²) in [7, 11) is 0. The predicted octanol–water partition coefficient (Wildman–Crippen LogP) is 1.76. The topological polar surface area (TPSA) is 53.4 Å². The Bertz CT molecular complexity index is 690. The number of amides is 1. The number of nitrogens with one attached hydrogen (secondary N) is 1. The van der Waals surface area contributed by atoms with Crippen LogP contribution in [0.3, 0.4) is 0 Å². The highest BCUT2D eigenvalue weighted by Crippen LogP contribution is 2.17. The quantitative estimate of drug-likeness (QED) is 0.870. The molecule has 1 aromatic heterocycles. The van der Waals surface area contributed by atoms with Crippen LogP contribution < -0.4 is 5.32 Å². The minimum absolute atomic E-state index is 0.0700. The van der Waals surface area contributed by atoms with Gasteiger partial charge < -0.3 is 9.88 Å². The molecule has 1 fully saturated rings. The second kappa shape index (κ2) is 8.27. The molecule has 0 spiro atoms. The smallest absolute Gasteiger partial charge is 0.238 e. The van der Waals surface area contributed by atoms with Gasteiger partial charge in [0.1, 0.15) is 0 Å². The van der Waals surface area contributed by atoms with Gasteiger partial charge in [0.05, 0.1) is 12.9 Å². The molecule has 2 heterocycles. The van der Waals surface area contributed by atoms with Gasteiger partial charge in [-0.05, 0) is 31.0 Å². The second-order valence-corrected chi connectivity index (χ2v) is 6.71. The summed E-state index contributed by atoms with van der Waals surface area (Å²) >= 11 is 0. The number of aryl methyl sites for hydroxylation is 1. The Hall–Kier alpha value is -2.18. The van der Waals surface area contributed by atoms with E-state index in [1.807, 2.05) is 37.8 Å². The van der Waals surface area contributed by atoms with Crippen LogP contribution in [0.15, 0.2) is 36.9 Å². The van der Waals surface area contributed by atoms with Crippen molar-refractivity contribution < 1.29 is 4.79 Å². The summed E-state index contributed by atoms with van der Waals surface area (Å²) in [6.07, 6.45) is 5.66. The molecule has 3 rings (SSSR count). The highest BCUT2D eigenvalue weighted by molar-refractivity contribution is 5.93. The zero-order valence-corrected chi connectivity index (χ0v) is 15.1. The third-order valence-corrected chi connectivity index (χ3v) is 4.94. The molecule has 0 radical (unpaired) electrons. The summed E-state index contributed by atoms with van der Waals surface area (Å²) in [5, 5.41) is 3.05. The van der Waals surface area contributed by atoms with Crippen LogP contribution in [0.25, 0.3) is 0 Å². The van der Waals surface area contributed by atoms with Gasteiger partial charge in [-0.2, -0.15) is 0 Å². The molecule has 1 aliphatic rings. The van der Waals surface area contributed by atoms with Crippen LogP contribution in [0, 0.1) is 13.8 Å². The van der Waals surface area contributed by atoms with Crippen LogP contribution in [0.4, 0.5) is 5.69 Å². The van der Waals surface area contributed by atoms with Crippen molar-refractivity contribution >= 4 is 11.6 Å². The number of rotatable bonds is 6. The van der Waals surface area contributed by atoms with Crippen LogP contribution >= 0.6 is 0 Å². The van der Waals surface area contributed by atoms with E-state index in [1.165, 1.54) is 5.56 Å². The first-order valence-electron chi connectivity index (χ1n) is 8.88. The van der Waals surface area contributed by atoms with Crippen molar-refractivity contribution in [3.63, 3.8) is 0 Å². The van der Waals surface area contributed by atoms with E-state index in [2.05, 4.69) is 37.7 Å². The number of aromatic nitrogens is 2. The number of carbonyl (C=O) groups is 1. The minimum atomic E-state index is 0.0700. The summed E-state index contributed by atoms with van der Waals surface area (Å²) in [5.74, 6) is 0.0700. The molecule has 1 saturated heterocycles. The Balaban J connectivity index is 1.41. The Morgan fingerprint density at radius 1 is 1.12 bits per heavy atom. The lowest BCUT2D eigenvalue weighted by Gasteiger charge is -2.34. The van der Waals surface area contributed by atoms with E-state index >= 15 is 0 Å². The fourth-order valence-corrected chi connectivity index (χ4v) is 3.13. The number of nitrogens with zero attached hydrogens (tertiary/aromatic N) is 4. The number of piperazine rings is 1. The van der Waals surface area contributed by atoms with Crippen molar-refractivity contribution in [2.45, 2.75) is 20.4 Å². The summed E-state index contributed by atoms with van der Waals surface area (Å²) < 4.78 is 2.10. The Morgan fingerprint density at radius 2 is 1.88 bits per heavy atom. The van der Waals surface area contributed by atoms with Crippen molar-refractivity contribution in [3.05, 3.63) is 48.0 Å². The van der Waals surface area contributed by atoms with Crippen molar-refractivity contribution in [2.24, 2.45) is 0 Å². The molecular formula is C19H27N5O. The van der Waals surface area contributed by atoms with Crippen LogP contribution in [0.2, 0.25) is 0 Å². The number of hydrogen-bond donors (Lipinski definition) is 1. The van der Waals surface area contributed by atoms with Crippen LogP contribution in [-0.2, 0) is 11.3 Å². The van der Waals surface area contributed by atoms with E-state index in [-0.39, 0.29) is 5.91 Å². The first-order chi connectivity index (χ1) is 12.1. The van der Waals surface area contributed by atoms with Gasteiger partial charge in [0, 0.05) is 57.3 Å². The van der Waals surface area contributed by atoms with Gasteiger partial charge in [-0.25, -0.2) is 4.98 Å². The van der Waals surface area contributed by atoms with E-state index < -0.39 is 0 Å². The molecule has 0 bridgehead atoms. The normalized spacial score (nSPS) is 16.1. The van der Waals surface area contributed by atoms with Crippen molar-refractivity contribution in [2.75, 3.05) is 44.6 Å². The number of benzene rings is 1. The molecule has 6 heteroatoms. The standard InChI is InChI=1S/C19H27N5O/c1-16-4-3-5-18(17(16)2)21-19(25)14-23-11-8-22(9-12-23)10-13-24-7-6-20-15-24/h3-7,15H,8-14H2,1-2H3,(H,21,25). The van der Waals surface area contributed by atoms with E-state index in [9.17, 15) is 4.79 Å². The molecule has 1 N–H and O–H groups in total. The van der Waals surface area contributed by atoms with Gasteiger partial charge in [-0.15, -0.1) is 0 Å². The molecule has 1 amide bonds. The molecule has 1 aliphatic heterocycles. The molecular weight excluding hydrogens is 314 g/mol. The van der Waals surface area contributed by atoms with Gasteiger partial charge in [-0.1, -0.05) is 12.1 Å². The van der Waals surface area contributed by atoms with E-state index in [1.54, 1.807) is 0 Å². The SMILES string of the molecule is Cc1cccc(NC(=O)CN2CCN(CCn3ccnc3)CC2)c1C. The maximum Gasteiger partial charge on any atom is 0.238 e. The largest absolute Gasteiger partial charge is 0.336 e. The third-order valence-electron chi connectivity index (χ3n) is 4.94. The summed E-state index contributed by atoms with van der Waals surface area (Å²) in [6, 6.07) is 6.01. The molecule has 25 heavy (non-hydrogen) atoms. The molecule has 0 unspecified atom stereocenters. The fraction of sp³-hybridized carbons (Fsp3) is 0.474. The molecule has 1 aromatic carbocycles. The summed E-state index contributed by atoms with van der Waals surface area (Å²) in [6.45, 7) is 10.4. The first-order valence-corrected chi connectivity index (χ1v) is 8.88. The van der Waals surface area contributed by atoms with Crippen molar-refractivity contribution in [1.29, 1.82) is 0 Å². The van der Waals surface area contributed by atoms with E-state index in [4.69, 9.17) is 0 Å². The summed E-state index contributed by atoms with van der Waals surface area (Å²) in [5.41, 5.74) is 3.26. The van der Waals surface area contributed by atoms with Gasteiger partial charge in [0.15, 0.2) is 0 Å². The number of imidazole rings is 1. The van der Waals surface area contributed by atoms with Crippen LogP contribution in [-0.4, -0.2) is 64.5 Å². The minimum Gasteiger partial charge on any atom is -0.336 e. The molecule has 6 nitrogen and oxygen atoms in total. The average Bonchev–Trinajstić information content (AvgIpc) is 3.12. The Kier molecular flexibility index (Phi) is 5.83. The lowest BCUT2D eigenvalue weighted by atomic mass is 10.1. The van der Waals surface area contributed by atoms with E-state index in [0.717, 1.165) is 50.5 Å². The molecule has 0 saturated carbocycles. The average molecular weight is 341 g/mol. The maximum atomic E-state index is 12.3. The molecule has 134 valence electrons. The monoisotopic (exact) mass is 341 g/mol. The number of carbonyl (C=O) groups excluding carboxylic acids is 1. The zero-order valence-electron chi connectivity index (χ0n) is 15.1. The highest BCUT2D eigenvalue weighted by atomic mass is 16.2. The second-order valence-electron chi connectivity index (χ2n) is 6.71. The molecule has 2 aromatic rings. The lowest BCUT2D eigenvalue weighted by Crippen LogP contribution is -2.49. The Labute approximate surface area is 149 Å². The highest BCUT2D eigenvalue weighted by Gasteiger charge is 2.19. The van der Waals surface area contributed by atoms with Crippen LogP contribution in [0.1, 0.15) is 11.1 Å². The Morgan fingerprint density at radius 3 is 2.60 bits per heavy atom. The fourth-order valence-electron chi connectivity index (χ4n) is 3.13. The molecule has 0 atom stereocenters. The number of hydrogen-bond acceptors (Lipinski definition) is 4. The predicted molar refractivity (Wildman–Crippen MR) is 99.7 cm³/mol.